The average Bonchev–Trinajstić information content (AvgIpc) is 2.48. The Hall–Kier alpha value is -1.55. The molecule has 0 spiro atoms. The molecule has 1 amide bonds. The van der Waals surface area contributed by atoms with E-state index in [1.165, 1.54) is 38.5 Å². The molecule has 0 atom stereocenters. The zero-order valence-electron chi connectivity index (χ0n) is 13.9. The lowest BCUT2D eigenvalue weighted by molar-refractivity contribution is -0.115. The number of carbonyl (C=O) groups is 1. The molecule has 1 aromatic carbocycles. The molecule has 3 N–H and O–H groups in total. The van der Waals surface area contributed by atoms with Crippen LogP contribution in [-0.2, 0) is 4.79 Å². The van der Waals surface area contributed by atoms with E-state index in [0.29, 0.717) is 6.54 Å². The van der Waals surface area contributed by atoms with Gasteiger partial charge in [0.1, 0.15) is 0 Å². The van der Waals surface area contributed by atoms with E-state index in [2.05, 4.69) is 28.1 Å². The van der Waals surface area contributed by atoms with Crippen LogP contribution in [0.4, 0.5) is 11.4 Å². The topological polar surface area (TPSA) is 53.2 Å². The first-order valence-electron chi connectivity index (χ1n) is 8.97. The van der Waals surface area contributed by atoms with E-state index in [0.717, 1.165) is 29.1 Å². The molecule has 1 aromatic rings. The normalized spacial score (nSPS) is 34.4. The van der Waals surface area contributed by atoms with E-state index < -0.39 is 0 Å². The highest BCUT2D eigenvalue weighted by molar-refractivity contribution is 5.95. The Kier molecular flexibility index (Phi) is 3.80. The van der Waals surface area contributed by atoms with Gasteiger partial charge in [0.25, 0.3) is 0 Å². The minimum Gasteiger partial charge on any atom is -0.378 e. The van der Waals surface area contributed by atoms with Crippen LogP contribution in [0, 0.1) is 17.8 Å². The first-order valence-corrected chi connectivity index (χ1v) is 8.97. The third kappa shape index (κ3) is 2.97. The van der Waals surface area contributed by atoms with Gasteiger partial charge in [0.05, 0.1) is 17.9 Å². The van der Waals surface area contributed by atoms with Crippen molar-refractivity contribution in [2.75, 3.05) is 24.2 Å². The Morgan fingerprint density at radius 2 is 1.61 bits per heavy atom. The Balaban J connectivity index is 1.54. The van der Waals surface area contributed by atoms with E-state index in [1.807, 2.05) is 12.1 Å². The maximum Gasteiger partial charge on any atom is 0.238 e. The van der Waals surface area contributed by atoms with Crippen LogP contribution in [0.25, 0.3) is 0 Å². The van der Waals surface area contributed by atoms with Crippen molar-refractivity contribution >= 4 is 17.3 Å². The molecule has 4 aliphatic carbocycles. The Bertz CT molecular complexity index is 563. The largest absolute Gasteiger partial charge is 0.378 e. The van der Waals surface area contributed by atoms with Gasteiger partial charge >= 0.3 is 0 Å². The fraction of sp³-hybridized carbons (Fsp3) is 0.632. The predicted octanol–water partition coefficient (Wildman–Crippen LogP) is 3.23. The monoisotopic (exact) mass is 313 g/mol. The van der Waals surface area contributed by atoms with Gasteiger partial charge in [-0.1, -0.05) is 12.1 Å². The average molecular weight is 313 g/mol. The second-order valence-electron chi connectivity index (χ2n) is 7.95. The first kappa shape index (κ1) is 15.0. The number of benzene rings is 1. The minimum atomic E-state index is 0.00672. The number of amides is 1. The molecule has 4 aliphatic rings. The lowest BCUT2D eigenvalue weighted by Gasteiger charge is -2.57. The molecular formula is C19H27N3O. The lowest BCUT2D eigenvalue weighted by atomic mass is 9.53. The van der Waals surface area contributed by atoms with Crippen molar-refractivity contribution in [2.45, 2.75) is 44.1 Å². The molecule has 0 heterocycles. The van der Waals surface area contributed by atoms with Gasteiger partial charge in [-0.3, -0.25) is 4.79 Å². The fourth-order valence-electron chi connectivity index (χ4n) is 5.61. The summed E-state index contributed by atoms with van der Waals surface area (Å²) in [5, 5.41) is 9.80. The first-order chi connectivity index (χ1) is 11.2. The molecule has 0 unspecified atom stereocenters. The summed E-state index contributed by atoms with van der Waals surface area (Å²) in [5.41, 5.74) is 2.25. The highest BCUT2D eigenvalue weighted by Crippen LogP contribution is 2.56. The fourth-order valence-corrected chi connectivity index (χ4v) is 5.61. The maximum absolute atomic E-state index is 11.9. The highest BCUT2D eigenvalue weighted by atomic mass is 16.1. The summed E-state index contributed by atoms with van der Waals surface area (Å²) in [7, 11) is 1.79. The third-order valence-corrected chi connectivity index (χ3v) is 5.98. The number of likely N-dealkylation sites (N-methyl/N-ethyl adjacent to an activating group) is 1. The van der Waals surface area contributed by atoms with Crippen molar-refractivity contribution in [2.24, 2.45) is 17.8 Å². The van der Waals surface area contributed by atoms with Crippen molar-refractivity contribution in [1.82, 2.24) is 5.32 Å². The van der Waals surface area contributed by atoms with Gasteiger partial charge < -0.3 is 16.0 Å². The standard InChI is InChI=1S/C19H27N3O/c1-20-12-18(23)21-16-4-2-3-5-17(16)22-19-9-13-6-14(10-19)8-15(7-13)11-19/h2-5,13-15,20,22H,6-12H2,1H3,(H,21,23). The van der Waals surface area contributed by atoms with E-state index >= 15 is 0 Å². The zero-order chi connectivity index (χ0) is 15.9. The molecule has 0 aliphatic heterocycles. The Morgan fingerprint density at radius 1 is 1.04 bits per heavy atom. The highest BCUT2D eigenvalue weighted by Gasteiger charge is 2.51. The van der Waals surface area contributed by atoms with Crippen LogP contribution in [0.1, 0.15) is 38.5 Å². The van der Waals surface area contributed by atoms with Gasteiger partial charge in [-0.05, 0) is 75.5 Å². The summed E-state index contributed by atoms with van der Waals surface area (Å²) in [6.45, 7) is 0.339. The summed E-state index contributed by atoms with van der Waals surface area (Å²) in [4.78, 5) is 11.9. The molecule has 4 heteroatoms. The van der Waals surface area contributed by atoms with Crippen LogP contribution in [-0.4, -0.2) is 25.0 Å². The number of nitrogens with one attached hydrogen (secondary N) is 3. The predicted molar refractivity (Wildman–Crippen MR) is 93.5 cm³/mol. The molecule has 4 fully saturated rings. The van der Waals surface area contributed by atoms with Crippen molar-refractivity contribution in [3.05, 3.63) is 24.3 Å². The van der Waals surface area contributed by atoms with Crippen molar-refractivity contribution in [1.29, 1.82) is 0 Å². The second-order valence-corrected chi connectivity index (χ2v) is 7.95. The number of rotatable bonds is 5. The summed E-state index contributed by atoms with van der Waals surface area (Å²) in [6, 6.07) is 8.14. The van der Waals surface area contributed by atoms with Crippen LogP contribution in [0.15, 0.2) is 24.3 Å². The SMILES string of the molecule is CNCC(=O)Nc1ccccc1NC12CC3CC(CC(C3)C1)C2. The molecule has 4 saturated carbocycles. The number of para-hydroxylation sites is 2. The molecule has 0 radical (unpaired) electrons. The van der Waals surface area contributed by atoms with Crippen molar-refractivity contribution in [3.8, 4) is 0 Å². The molecule has 23 heavy (non-hydrogen) atoms. The number of hydrogen-bond acceptors (Lipinski definition) is 3. The van der Waals surface area contributed by atoms with Gasteiger partial charge in [0.15, 0.2) is 0 Å². The number of hydrogen-bond donors (Lipinski definition) is 3. The third-order valence-electron chi connectivity index (χ3n) is 5.98. The summed E-state index contributed by atoms with van der Waals surface area (Å²) in [6.07, 6.45) is 8.25. The van der Waals surface area contributed by atoms with Crippen LogP contribution < -0.4 is 16.0 Å². The molecule has 0 saturated heterocycles. The van der Waals surface area contributed by atoms with Crippen LogP contribution in [0.5, 0.6) is 0 Å². The molecule has 5 rings (SSSR count). The van der Waals surface area contributed by atoms with E-state index in [4.69, 9.17) is 0 Å². The van der Waals surface area contributed by atoms with E-state index in [9.17, 15) is 4.79 Å². The second kappa shape index (κ2) is 5.82. The van der Waals surface area contributed by atoms with Crippen molar-refractivity contribution in [3.63, 3.8) is 0 Å². The lowest BCUT2D eigenvalue weighted by Crippen LogP contribution is -2.54. The molecule has 4 nitrogen and oxygen atoms in total. The zero-order valence-corrected chi connectivity index (χ0v) is 13.9. The summed E-state index contributed by atoms with van der Waals surface area (Å²) in [5.74, 6) is 2.76. The van der Waals surface area contributed by atoms with Crippen LogP contribution >= 0.6 is 0 Å². The summed E-state index contributed by atoms with van der Waals surface area (Å²) >= 11 is 0. The van der Waals surface area contributed by atoms with Gasteiger partial charge in [0, 0.05) is 5.54 Å². The molecular weight excluding hydrogens is 286 g/mol. The molecule has 124 valence electrons. The number of anilines is 2. The van der Waals surface area contributed by atoms with E-state index in [-0.39, 0.29) is 11.4 Å². The molecule has 0 aromatic heterocycles. The van der Waals surface area contributed by atoms with Gasteiger partial charge in [-0.2, -0.15) is 0 Å². The van der Waals surface area contributed by atoms with E-state index in [1.54, 1.807) is 7.05 Å². The smallest absolute Gasteiger partial charge is 0.238 e. The Morgan fingerprint density at radius 3 is 2.17 bits per heavy atom. The quantitative estimate of drug-likeness (QED) is 0.782. The van der Waals surface area contributed by atoms with Crippen LogP contribution in [0.2, 0.25) is 0 Å². The number of carbonyl (C=O) groups excluding carboxylic acids is 1. The van der Waals surface area contributed by atoms with Crippen molar-refractivity contribution < 1.29 is 4.79 Å². The summed E-state index contributed by atoms with van der Waals surface area (Å²) < 4.78 is 0. The maximum atomic E-state index is 11.9. The molecule has 4 bridgehead atoms. The van der Waals surface area contributed by atoms with Gasteiger partial charge in [0.2, 0.25) is 5.91 Å². The van der Waals surface area contributed by atoms with Crippen LogP contribution in [0.3, 0.4) is 0 Å². The van der Waals surface area contributed by atoms with Gasteiger partial charge in [-0.15, -0.1) is 0 Å². The minimum absolute atomic E-state index is 0.00672. The van der Waals surface area contributed by atoms with Gasteiger partial charge in [-0.25, -0.2) is 0 Å². The Labute approximate surface area is 138 Å².